The number of ether oxygens (including phenoxy) is 1. The number of para-hydroxylation sites is 1. The SMILES string of the molecule is CCN(CC)S(=O)(=O)c1ccc(N2CCOCC2)c(N=C/C=C2/N(C)c3ccccc3C2(C)C)c1. The van der Waals surface area contributed by atoms with Gasteiger partial charge in [-0.25, -0.2) is 8.42 Å². The van der Waals surface area contributed by atoms with Gasteiger partial charge >= 0.3 is 0 Å². The molecule has 7 nitrogen and oxygen atoms in total. The van der Waals surface area contributed by atoms with Gasteiger partial charge in [0.15, 0.2) is 0 Å². The summed E-state index contributed by atoms with van der Waals surface area (Å²) in [4.78, 5) is 9.47. The van der Waals surface area contributed by atoms with E-state index in [0.717, 1.165) is 24.5 Å². The number of rotatable bonds is 7. The standard InChI is InChI=1S/C27H36N4O3S/c1-6-31(7-2)35(32,33)21-12-13-25(30-16-18-34-19-17-30)23(20-21)28-15-14-26-27(3,4)22-10-8-9-11-24(22)29(26)5/h8-15,20H,6-7,16-19H2,1-5H3/b26-14+,28-15?. The van der Waals surface area contributed by atoms with Crippen LogP contribution in [0.3, 0.4) is 0 Å². The first-order valence-electron chi connectivity index (χ1n) is 12.3. The number of sulfonamides is 1. The monoisotopic (exact) mass is 496 g/mol. The fourth-order valence-electron chi connectivity index (χ4n) is 5.04. The van der Waals surface area contributed by atoms with E-state index in [1.54, 1.807) is 18.3 Å². The average Bonchev–Trinajstić information content (AvgIpc) is 3.05. The van der Waals surface area contributed by atoms with E-state index in [-0.39, 0.29) is 10.3 Å². The first-order chi connectivity index (χ1) is 16.7. The second kappa shape index (κ2) is 10.1. The van der Waals surface area contributed by atoms with Gasteiger partial charge in [-0.1, -0.05) is 45.9 Å². The van der Waals surface area contributed by atoms with Crippen LogP contribution >= 0.6 is 0 Å². The minimum absolute atomic E-state index is 0.154. The van der Waals surface area contributed by atoms with Crippen molar-refractivity contribution in [2.24, 2.45) is 4.99 Å². The summed E-state index contributed by atoms with van der Waals surface area (Å²) in [7, 11) is -1.51. The summed E-state index contributed by atoms with van der Waals surface area (Å²) in [5.74, 6) is 0. The summed E-state index contributed by atoms with van der Waals surface area (Å²) in [6, 6.07) is 13.7. The van der Waals surface area contributed by atoms with Gasteiger partial charge in [-0.2, -0.15) is 4.31 Å². The molecule has 1 saturated heterocycles. The van der Waals surface area contributed by atoms with Crippen LogP contribution in [0, 0.1) is 0 Å². The van der Waals surface area contributed by atoms with Crippen molar-refractivity contribution in [3.63, 3.8) is 0 Å². The Morgan fingerprint density at radius 2 is 1.74 bits per heavy atom. The highest BCUT2D eigenvalue weighted by Gasteiger charge is 2.37. The number of likely N-dealkylation sites (N-methyl/N-ethyl adjacent to an activating group) is 1. The summed E-state index contributed by atoms with van der Waals surface area (Å²) in [6.45, 7) is 11.8. The lowest BCUT2D eigenvalue weighted by Crippen LogP contribution is -2.36. The molecule has 0 saturated carbocycles. The Morgan fingerprint density at radius 1 is 1.06 bits per heavy atom. The van der Waals surface area contributed by atoms with E-state index in [1.165, 1.54) is 15.6 Å². The lowest BCUT2D eigenvalue weighted by Gasteiger charge is -2.30. The van der Waals surface area contributed by atoms with Gasteiger partial charge in [0.1, 0.15) is 0 Å². The topological polar surface area (TPSA) is 65.5 Å². The van der Waals surface area contributed by atoms with Crippen LogP contribution in [0.1, 0.15) is 33.3 Å². The van der Waals surface area contributed by atoms with Crippen LogP contribution in [0.15, 0.2) is 64.1 Å². The lowest BCUT2D eigenvalue weighted by atomic mass is 9.84. The van der Waals surface area contributed by atoms with Gasteiger partial charge in [0.25, 0.3) is 0 Å². The zero-order valence-electron chi connectivity index (χ0n) is 21.4. The highest BCUT2D eigenvalue weighted by Crippen LogP contribution is 2.46. The first kappa shape index (κ1) is 25.4. The number of aliphatic imine (C=N–C) groups is 1. The first-order valence-corrected chi connectivity index (χ1v) is 13.7. The molecular weight excluding hydrogens is 460 g/mol. The summed E-state index contributed by atoms with van der Waals surface area (Å²) in [5, 5.41) is 0. The van der Waals surface area contributed by atoms with Crippen LogP contribution < -0.4 is 9.80 Å². The Morgan fingerprint density at radius 3 is 2.40 bits per heavy atom. The van der Waals surface area contributed by atoms with Crippen LogP contribution in [0.5, 0.6) is 0 Å². The molecule has 2 aromatic carbocycles. The molecule has 1 fully saturated rings. The molecule has 2 aromatic rings. The molecule has 0 N–H and O–H groups in total. The normalized spacial score (nSPS) is 19.2. The Labute approximate surface area is 209 Å². The summed E-state index contributed by atoms with van der Waals surface area (Å²) in [5.41, 5.74) is 5.03. The summed E-state index contributed by atoms with van der Waals surface area (Å²) < 4.78 is 33.4. The van der Waals surface area contributed by atoms with E-state index in [0.29, 0.717) is 32.0 Å². The van der Waals surface area contributed by atoms with Gasteiger partial charge in [-0.3, -0.25) is 4.99 Å². The van der Waals surface area contributed by atoms with Gasteiger partial charge in [-0.15, -0.1) is 0 Å². The van der Waals surface area contributed by atoms with Crippen LogP contribution in [-0.2, 0) is 20.2 Å². The van der Waals surface area contributed by atoms with Crippen molar-refractivity contribution < 1.29 is 13.2 Å². The molecule has 2 heterocycles. The molecule has 0 aromatic heterocycles. The maximum Gasteiger partial charge on any atom is 0.243 e. The number of anilines is 2. The van der Waals surface area contributed by atoms with Gasteiger partial charge in [0.2, 0.25) is 10.0 Å². The smallest absolute Gasteiger partial charge is 0.243 e. The maximum atomic E-state index is 13.2. The highest BCUT2D eigenvalue weighted by atomic mass is 32.2. The largest absolute Gasteiger partial charge is 0.378 e. The van der Waals surface area contributed by atoms with E-state index < -0.39 is 10.0 Å². The Bertz CT molecular complexity index is 1230. The summed E-state index contributed by atoms with van der Waals surface area (Å²) in [6.07, 6.45) is 3.83. The van der Waals surface area contributed by atoms with Gasteiger partial charge in [0, 0.05) is 56.2 Å². The number of hydrogen-bond donors (Lipinski definition) is 0. The molecule has 0 unspecified atom stereocenters. The van der Waals surface area contributed by atoms with Gasteiger partial charge in [0.05, 0.1) is 29.5 Å². The van der Waals surface area contributed by atoms with Crippen molar-refractivity contribution in [2.75, 3.05) is 56.2 Å². The quantitative estimate of drug-likeness (QED) is 0.526. The Kier molecular flexibility index (Phi) is 7.35. The van der Waals surface area contributed by atoms with Crippen molar-refractivity contribution >= 4 is 33.3 Å². The molecule has 35 heavy (non-hydrogen) atoms. The number of nitrogens with zero attached hydrogens (tertiary/aromatic N) is 4. The fourth-order valence-corrected chi connectivity index (χ4v) is 6.52. The number of hydrogen-bond acceptors (Lipinski definition) is 6. The average molecular weight is 497 g/mol. The predicted octanol–water partition coefficient (Wildman–Crippen LogP) is 4.57. The molecule has 0 bridgehead atoms. The molecule has 0 amide bonds. The van der Waals surface area contributed by atoms with E-state index in [9.17, 15) is 8.42 Å². The minimum atomic E-state index is -3.58. The predicted molar refractivity (Wildman–Crippen MR) is 144 cm³/mol. The maximum absolute atomic E-state index is 13.2. The number of morpholine rings is 1. The Balaban J connectivity index is 1.73. The molecule has 0 radical (unpaired) electrons. The minimum Gasteiger partial charge on any atom is -0.378 e. The molecule has 4 rings (SSSR count). The third kappa shape index (κ3) is 4.75. The van der Waals surface area contributed by atoms with Crippen molar-refractivity contribution in [1.82, 2.24) is 4.31 Å². The molecule has 0 atom stereocenters. The second-order valence-corrected chi connectivity index (χ2v) is 11.3. The zero-order chi connectivity index (χ0) is 25.2. The van der Waals surface area contributed by atoms with E-state index >= 15 is 0 Å². The third-order valence-electron chi connectivity index (χ3n) is 7.03. The third-order valence-corrected chi connectivity index (χ3v) is 9.07. The number of fused-ring (bicyclic) bond motifs is 1. The molecular formula is C27H36N4O3S. The van der Waals surface area contributed by atoms with Crippen LogP contribution in [-0.4, -0.2) is 65.4 Å². The summed E-state index contributed by atoms with van der Waals surface area (Å²) >= 11 is 0. The van der Waals surface area contributed by atoms with Gasteiger partial charge in [-0.05, 0) is 35.9 Å². The number of allylic oxidation sites excluding steroid dienone is 2. The molecule has 2 aliphatic heterocycles. The lowest BCUT2D eigenvalue weighted by molar-refractivity contribution is 0.123. The zero-order valence-corrected chi connectivity index (χ0v) is 22.2. The fraction of sp³-hybridized carbons (Fsp3) is 0.444. The van der Waals surface area contributed by atoms with Crippen molar-refractivity contribution in [1.29, 1.82) is 0 Å². The second-order valence-electron chi connectivity index (χ2n) is 9.37. The van der Waals surface area contributed by atoms with Crippen molar-refractivity contribution in [2.45, 2.75) is 38.0 Å². The molecule has 2 aliphatic rings. The van der Waals surface area contributed by atoms with E-state index in [1.807, 2.05) is 26.0 Å². The van der Waals surface area contributed by atoms with Crippen molar-refractivity contribution in [3.05, 3.63) is 59.8 Å². The Hall–Kier alpha value is -2.68. The van der Waals surface area contributed by atoms with Crippen LogP contribution in [0.2, 0.25) is 0 Å². The van der Waals surface area contributed by atoms with Gasteiger partial charge < -0.3 is 14.5 Å². The van der Waals surface area contributed by atoms with Crippen LogP contribution in [0.25, 0.3) is 0 Å². The van der Waals surface area contributed by atoms with Crippen molar-refractivity contribution in [3.8, 4) is 0 Å². The molecule has 0 spiro atoms. The van der Waals surface area contributed by atoms with E-state index in [2.05, 4.69) is 55.0 Å². The molecule has 8 heteroatoms. The highest BCUT2D eigenvalue weighted by molar-refractivity contribution is 7.89. The van der Waals surface area contributed by atoms with E-state index in [4.69, 9.17) is 9.73 Å². The van der Waals surface area contributed by atoms with Crippen LogP contribution in [0.4, 0.5) is 17.1 Å². The number of benzene rings is 2. The molecule has 188 valence electrons. The molecule has 0 aliphatic carbocycles.